The Morgan fingerprint density at radius 3 is 2.42 bits per heavy atom. The van der Waals surface area contributed by atoms with Gasteiger partial charge in [-0.15, -0.1) is 11.3 Å². The lowest BCUT2D eigenvalue weighted by Crippen LogP contribution is -2.37. The highest BCUT2D eigenvalue weighted by molar-refractivity contribution is 7.88. The number of nitrogens with zero attached hydrogens (tertiary/aromatic N) is 2. The normalized spacial score (nSPS) is 18.6. The Balaban J connectivity index is 2.10. The van der Waals surface area contributed by atoms with Crippen LogP contribution in [0, 0.1) is 6.92 Å². The number of hydrogen-bond donors (Lipinski definition) is 1. The third-order valence-corrected chi connectivity index (χ3v) is 5.89. The molecule has 1 N–H and O–H groups in total. The molecule has 8 heteroatoms. The molecule has 1 saturated heterocycles. The Hall–Kier alpha value is -0.990. The van der Waals surface area contributed by atoms with Gasteiger partial charge in [0.1, 0.15) is 4.88 Å². The molecule has 0 unspecified atom stereocenters. The van der Waals surface area contributed by atoms with E-state index in [2.05, 4.69) is 4.98 Å². The molecule has 0 spiro atoms. The third kappa shape index (κ3) is 3.13. The summed E-state index contributed by atoms with van der Waals surface area (Å²) in [5.41, 5.74) is 0.540. The van der Waals surface area contributed by atoms with Gasteiger partial charge >= 0.3 is 5.97 Å². The molecule has 6 nitrogen and oxygen atoms in total. The van der Waals surface area contributed by atoms with Crippen LogP contribution in [0.15, 0.2) is 0 Å². The fourth-order valence-electron chi connectivity index (χ4n) is 2.22. The van der Waals surface area contributed by atoms with Crippen molar-refractivity contribution in [3.05, 3.63) is 15.6 Å². The van der Waals surface area contributed by atoms with Gasteiger partial charge in [-0.25, -0.2) is 22.5 Å². The predicted molar refractivity (Wildman–Crippen MR) is 72.2 cm³/mol. The van der Waals surface area contributed by atoms with E-state index in [1.165, 1.54) is 21.9 Å². The molecule has 0 atom stereocenters. The molecular formula is C11H16N2O4S2. The third-order valence-electron chi connectivity index (χ3n) is 3.28. The van der Waals surface area contributed by atoms with Crippen molar-refractivity contribution in [3.8, 4) is 0 Å². The minimum Gasteiger partial charge on any atom is -0.477 e. The quantitative estimate of drug-likeness (QED) is 0.909. The number of piperidine rings is 1. The van der Waals surface area contributed by atoms with Crippen molar-refractivity contribution >= 4 is 27.3 Å². The van der Waals surface area contributed by atoms with Crippen molar-refractivity contribution in [1.29, 1.82) is 0 Å². The maximum absolute atomic E-state index is 11.4. The average molecular weight is 304 g/mol. The highest BCUT2D eigenvalue weighted by Gasteiger charge is 2.28. The number of hydrogen-bond acceptors (Lipinski definition) is 5. The van der Waals surface area contributed by atoms with E-state index in [0.29, 0.717) is 31.6 Å². The summed E-state index contributed by atoms with van der Waals surface area (Å²) in [5, 5.41) is 9.82. The van der Waals surface area contributed by atoms with E-state index < -0.39 is 16.0 Å². The van der Waals surface area contributed by atoms with Gasteiger partial charge in [0.25, 0.3) is 0 Å². The maximum Gasteiger partial charge on any atom is 0.347 e. The molecule has 1 aliphatic heterocycles. The smallest absolute Gasteiger partial charge is 0.347 e. The average Bonchev–Trinajstić information content (AvgIpc) is 2.70. The number of thiazole rings is 1. The summed E-state index contributed by atoms with van der Waals surface area (Å²) in [6.07, 6.45) is 2.60. The Morgan fingerprint density at radius 1 is 1.42 bits per heavy atom. The highest BCUT2D eigenvalue weighted by atomic mass is 32.2. The Labute approximate surface area is 116 Å². The number of sulfonamides is 1. The topological polar surface area (TPSA) is 87.6 Å². The van der Waals surface area contributed by atoms with Crippen molar-refractivity contribution < 1.29 is 18.3 Å². The van der Waals surface area contributed by atoms with Gasteiger partial charge in [-0.05, 0) is 19.8 Å². The molecule has 0 saturated carbocycles. The first kappa shape index (κ1) is 14.4. The van der Waals surface area contributed by atoms with Crippen LogP contribution in [0.5, 0.6) is 0 Å². The van der Waals surface area contributed by atoms with Crippen LogP contribution in [-0.4, -0.2) is 48.1 Å². The van der Waals surface area contributed by atoms with Gasteiger partial charge < -0.3 is 5.11 Å². The van der Waals surface area contributed by atoms with Crippen LogP contribution in [0.4, 0.5) is 0 Å². The SMILES string of the molecule is Cc1nc(C2CCN(S(C)(=O)=O)CC2)sc1C(=O)O. The van der Waals surface area contributed by atoms with Crippen molar-refractivity contribution in [2.75, 3.05) is 19.3 Å². The van der Waals surface area contributed by atoms with Crippen molar-refractivity contribution in [2.45, 2.75) is 25.7 Å². The number of aryl methyl sites for hydroxylation is 1. The molecule has 2 rings (SSSR count). The summed E-state index contributed by atoms with van der Waals surface area (Å²) in [4.78, 5) is 15.6. The molecule has 0 radical (unpaired) electrons. The lowest BCUT2D eigenvalue weighted by Gasteiger charge is -2.29. The van der Waals surface area contributed by atoms with Crippen molar-refractivity contribution in [3.63, 3.8) is 0 Å². The van der Waals surface area contributed by atoms with E-state index in [0.717, 1.165) is 5.01 Å². The molecule has 0 aromatic carbocycles. The van der Waals surface area contributed by atoms with Crippen molar-refractivity contribution in [2.24, 2.45) is 0 Å². The van der Waals surface area contributed by atoms with Gasteiger partial charge in [0.15, 0.2) is 0 Å². The molecule has 2 heterocycles. The van der Waals surface area contributed by atoms with Crippen LogP contribution in [-0.2, 0) is 10.0 Å². The minimum absolute atomic E-state index is 0.162. The number of carbonyl (C=O) groups is 1. The second-order valence-corrected chi connectivity index (χ2v) is 7.72. The molecule has 0 aliphatic carbocycles. The Kier molecular flexibility index (Phi) is 3.93. The molecule has 1 aromatic heterocycles. The van der Waals surface area contributed by atoms with Crippen LogP contribution in [0.25, 0.3) is 0 Å². The van der Waals surface area contributed by atoms with Crippen LogP contribution < -0.4 is 0 Å². The molecule has 19 heavy (non-hydrogen) atoms. The zero-order valence-corrected chi connectivity index (χ0v) is 12.4. The number of carboxylic acid groups (broad SMARTS) is 1. The first-order chi connectivity index (χ1) is 8.79. The number of carboxylic acids is 1. The zero-order chi connectivity index (χ0) is 14.2. The monoisotopic (exact) mass is 304 g/mol. The molecule has 1 aromatic rings. The molecule has 106 valence electrons. The Morgan fingerprint density at radius 2 is 2.00 bits per heavy atom. The van der Waals surface area contributed by atoms with E-state index in [1.54, 1.807) is 6.92 Å². The molecule has 0 bridgehead atoms. The zero-order valence-electron chi connectivity index (χ0n) is 10.8. The fraction of sp³-hybridized carbons (Fsp3) is 0.636. The number of rotatable bonds is 3. The van der Waals surface area contributed by atoms with E-state index in [1.807, 2.05) is 0 Å². The fourth-order valence-corrected chi connectivity index (χ4v) is 4.17. The molecule has 1 aliphatic rings. The van der Waals surface area contributed by atoms with Crippen LogP contribution in [0.1, 0.15) is 39.1 Å². The van der Waals surface area contributed by atoms with Gasteiger partial charge in [-0.1, -0.05) is 0 Å². The molecule has 1 fully saturated rings. The lowest BCUT2D eigenvalue weighted by molar-refractivity contribution is 0.0701. The summed E-state index contributed by atoms with van der Waals surface area (Å²) < 4.78 is 24.3. The summed E-state index contributed by atoms with van der Waals surface area (Å²) in [7, 11) is -3.13. The first-order valence-corrected chi connectivity index (χ1v) is 8.61. The van der Waals surface area contributed by atoms with Gasteiger partial charge in [0.05, 0.1) is 17.0 Å². The highest BCUT2D eigenvalue weighted by Crippen LogP contribution is 2.33. The van der Waals surface area contributed by atoms with Crippen LogP contribution in [0.2, 0.25) is 0 Å². The first-order valence-electron chi connectivity index (χ1n) is 5.94. The number of aromatic carboxylic acids is 1. The summed E-state index contributed by atoms with van der Waals surface area (Å²) in [5.74, 6) is -0.787. The second kappa shape index (κ2) is 5.18. The maximum atomic E-state index is 11.4. The summed E-state index contributed by atoms with van der Waals surface area (Å²) in [6.45, 7) is 2.64. The second-order valence-electron chi connectivity index (χ2n) is 4.71. The van der Waals surface area contributed by atoms with E-state index in [-0.39, 0.29) is 10.8 Å². The largest absolute Gasteiger partial charge is 0.477 e. The summed E-state index contributed by atoms with van der Waals surface area (Å²) in [6, 6.07) is 0. The van der Waals surface area contributed by atoms with Gasteiger partial charge in [0, 0.05) is 19.0 Å². The van der Waals surface area contributed by atoms with Gasteiger partial charge in [0.2, 0.25) is 10.0 Å². The van der Waals surface area contributed by atoms with Crippen LogP contribution in [0.3, 0.4) is 0 Å². The lowest BCUT2D eigenvalue weighted by atomic mass is 9.99. The standard InChI is InChI=1S/C11H16N2O4S2/c1-7-9(11(14)15)18-10(12-7)8-3-5-13(6-4-8)19(2,16)17/h8H,3-6H2,1-2H3,(H,14,15). The van der Waals surface area contributed by atoms with Gasteiger partial charge in [-0.2, -0.15) is 0 Å². The van der Waals surface area contributed by atoms with E-state index in [9.17, 15) is 13.2 Å². The summed E-state index contributed by atoms with van der Waals surface area (Å²) >= 11 is 1.20. The molecular weight excluding hydrogens is 288 g/mol. The minimum atomic E-state index is -3.13. The van der Waals surface area contributed by atoms with E-state index >= 15 is 0 Å². The Bertz CT molecular complexity index is 586. The van der Waals surface area contributed by atoms with Gasteiger partial charge in [-0.3, -0.25) is 0 Å². The van der Waals surface area contributed by atoms with Crippen molar-refractivity contribution in [1.82, 2.24) is 9.29 Å². The van der Waals surface area contributed by atoms with Crippen LogP contribution >= 0.6 is 11.3 Å². The molecule has 0 amide bonds. The van der Waals surface area contributed by atoms with E-state index in [4.69, 9.17) is 5.11 Å². The predicted octanol–water partition coefficient (Wildman–Crippen LogP) is 1.29. The number of aromatic nitrogens is 1.